The van der Waals surface area contributed by atoms with E-state index in [0.717, 1.165) is 47.7 Å². The number of carbonyl (C=O) groups is 1. The van der Waals surface area contributed by atoms with Crippen LogP contribution >= 0.6 is 0 Å². The zero-order valence-corrected chi connectivity index (χ0v) is 16.2. The van der Waals surface area contributed by atoms with Crippen LogP contribution in [0.4, 0.5) is 5.82 Å². The van der Waals surface area contributed by atoms with E-state index in [1.807, 2.05) is 31.2 Å². The first-order valence-corrected chi connectivity index (χ1v) is 9.63. The Hall–Kier alpha value is -2.76. The lowest BCUT2D eigenvalue weighted by molar-refractivity contribution is -0.138. The van der Waals surface area contributed by atoms with Crippen molar-refractivity contribution in [3.8, 4) is 5.75 Å². The van der Waals surface area contributed by atoms with E-state index in [1.54, 1.807) is 6.20 Å². The summed E-state index contributed by atoms with van der Waals surface area (Å²) < 4.78 is 11.4. The molecule has 2 N–H and O–H groups in total. The molecule has 3 rings (SSSR count). The third-order valence-electron chi connectivity index (χ3n) is 4.56. The van der Waals surface area contributed by atoms with E-state index in [0.29, 0.717) is 18.8 Å². The maximum atomic E-state index is 12.9. The molecule has 6 heteroatoms. The number of hydrogen-bond acceptors (Lipinski definition) is 5. The van der Waals surface area contributed by atoms with Crippen LogP contribution in [-0.4, -0.2) is 29.4 Å². The van der Waals surface area contributed by atoms with E-state index in [-0.39, 0.29) is 11.9 Å². The average Bonchev–Trinajstić information content (AvgIpc) is 3.14. The van der Waals surface area contributed by atoms with Crippen molar-refractivity contribution in [1.82, 2.24) is 10.2 Å². The number of hydrogen-bond donors (Lipinski definition) is 2. The Labute approximate surface area is 160 Å². The molecule has 27 heavy (non-hydrogen) atoms. The number of ether oxygens (including phenoxy) is 2. The highest BCUT2D eigenvalue weighted by Gasteiger charge is 2.36. The molecule has 6 nitrogen and oxygen atoms in total. The van der Waals surface area contributed by atoms with Gasteiger partial charge in [0, 0.05) is 16.8 Å². The van der Waals surface area contributed by atoms with Crippen LogP contribution < -0.4 is 10.1 Å². The molecule has 0 fully saturated rings. The first-order chi connectivity index (χ1) is 13.2. The van der Waals surface area contributed by atoms with E-state index in [9.17, 15) is 4.79 Å². The van der Waals surface area contributed by atoms with Gasteiger partial charge in [0.05, 0.1) is 30.9 Å². The number of aromatic nitrogens is 2. The maximum Gasteiger partial charge on any atom is 0.336 e. The van der Waals surface area contributed by atoms with Crippen LogP contribution in [-0.2, 0) is 9.53 Å². The number of allylic oxidation sites excluding steroid dienone is 1. The van der Waals surface area contributed by atoms with Crippen molar-refractivity contribution < 1.29 is 14.3 Å². The van der Waals surface area contributed by atoms with Crippen molar-refractivity contribution in [2.75, 3.05) is 18.5 Å². The van der Waals surface area contributed by atoms with Gasteiger partial charge in [-0.3, -0.25) is 5.10 Å². The molecule has 0 saturated heterocycles. The van der Waals surface area contributed by atoms with E-state index < -0.39 is 0 Å². The number of nitrogens with one attached hydrogen (secondary N) is 2. The Morgan fingerprint density at radius 1 is 1.15 bits per heavy atom. The number of para-hydroxylation sites is 1. The predicted molar refractivity (Wildman–Crippen MR) is 105 cm³/mol. The first-order valence-electron chi connectivity index (χ1n) is 9.63. The highest BCUT2D eigenvalue weighted by Crippen LogP contribution is 2.45. The number of nitrogens with zero attached hydrogens (tertiary/aromatic N) is 1. The number of benzene rings is 1. The fourth-order valence-electron chi connectivity index (χ4n) is 3.44. The molecule has 0 radical (unpaired) electrons. The lowest BCUT2D eigenvalue weighted by atomic mass is 9.81. The number of anilines is 1. The van der Waals surface area contributed by atoms with Gasteiger partial charge < -0.3 is 14.8 Å². The smallest absolute Gasteiger partial charge is 0.336 e. The molecular formula is C21H27N3O3. The summed E-state index contributed by atoms with van der Waals surface area (Å²) in [6.07, 6.45) is 4.35. The fraction of sp³-hybridized carbons (Fsp3) is 0.429. The zero-order chi connectivity index (χ0) is 19.2. The summed E-state index contributed by atoms with van der Waals surface area (Å²) >= 11 is 0. The van der Waals surface area contributed by atoms with E-state index in [4.69, 9.17) is 9.47 Å². The van der Waals surface area contributed by atoms with Crippen molar-refractivity contribution in [2.24, 2.45) is 0 Å². The lowest BCUT2D eigenvalue weighted by Crippen LogP contribution is -2.25. The van der Waals surface area contributed by atoms with Crippen LogP contribution in [0.2, 0.25) is 0 Å². The molecular weight excluding hydrogens is 342 g/mol. The Balaban J connectivity index is 2.16. The minimum Gasteiger partial charge on any atom is -0.493 e. The molecule has 2 heterocycles. The fourth-order valence-corrected chi connectivity index (χ4v) is 3.44. The van der Waals surface area contributed by atoms with Gasteiger partial charge in [0.1, 0.15) is 11.6 Å². The Morgan fingerprint density at radius 2 is 1.96 bits per heavy atom. The molecule has 144 valence electrons. The number of aromatic amines is 1. The average molecular weight is 369 g/mol. The third-order valence-corrected chi connectivity index (χ3v) is 4.56. The second kappa shape index (κ2) is 8.75. The number of carbonyl (C=O) groups excluding carboxylic acids is 1. The summed E-state index contributed by atoms with van der Waals surface area (Å²) in [5.74, 6) is 1.03. The standard InChI is InChI=1S/C21H27N3O3/c1-4-9-16-19(21(25)26-6-3)18(15-13-22-24-20(15)23-16)14-10-7-8-11-17(14)27-12-5-2/h7-8,10-11,13,18H,4-6,9,12H2,1-3H3,(H2,22,23,24). The second-order valence-electron chi connectivity index (χ2n) is 6.51. The van der Waals surface area contributed by atoms with Gasteiger partial charge in [-0.05, 0) is 25.8 Å². The van der Waals surface area contributed by atoms with Crippen LogP contribution in [0.25, 0.3) is 0 Å². The summed E-state index contributed by atoms with van der Waals surface area (Å²) in [5, 5.41) is 10.6. The van der Waals surface area contributed by atoms with Gasteiger partial charge in [0.25, 0.3) is 0 Å². The van der Waals surface area contributed by atoms with Crippen molar-refractivity contribution >= 4 is 11.8 Å². The largest absolute Gasteiger partial charge is 0.493 e. The van der Waals surface area contributed by atoms with Crippen molar-refractivity contribution in [3.05, 3.63) is 52.9 Å². The molecule has 1 unspecified atom stereocenters. The molecule has 0 spiro atoms. The van der Waals surface area contributed by atoms with Crippen LogP contribution in [0.5, 0.6) is 5.75 Å². The van der Waals surface area contributed by atoms with Gasteiger partial charge in [0.2, 0.25) is 0 Å². The quantitative estimate of drug-likeness (QED) is 0.676. The van der Waals surface area contributed by atoms with Gasteiger partial charge in [-0.25, -0.2) is 4.79 Å². The minimum absolute atomic E-state index is 0.284. The Bertz CT molecular complexity index is 826. The number of H-pyrrole nitrogens is 1. The number of esters is 1. The van der Waals surface area contributed by atoms with E-state index >= 15 is 0 Å². The van der Waals surface area contributed by atoms with Gasteiger partial charge in [-0.15, -0.1) is 0 Å². The number of rotatable bonds is 8. The predicted octanol–water partition coefficient (Wildman–Crippen LogP) is 4.37. The molecule has 0 bridgehead atoms. The number of fused-ring (bicyclic) bond motifs is 1. The molecule has 1 aromatic heterocycles. The molecule has 1 aliphatic heterocycles. The summed E-state index contributed by atoms with van der Waals surface area (Å²) in [7, 11) is 0. The Kier molecular flexibility index (Phi) is 6.16. The molecule has 2 aromatic rings. The first kappa shape index (κ1) is 19.0. The van der Waals surface area contributed by atoms with Gasteiger partial charge >= 0.3 is 5.97 Å². The lowest BCUT2D eigenvalue weighted by Gasteiger charge is -2.29. The second-order valence-corrected chi connectivity index (χ2v) is 6.51. The maximum absolute atomic E-state index is 12.9. The molecule has 0 amide bonds. The SMILES string of the molecule is CCCOc1ccccc1C1C(C(=O)OCC)=C(CCC)Nc2[nH]ncc21. The monoisotopic (exact) mass is 369 g/mol. The van der Waals surface area contributed by atoms with E-state index in [2.05, 4.69) is 29.4 Å². The van der Waals surface area contributed by atoms with Crippen molar-refractivity contribution in [2.45, 2.75) is 46.0 Å². The minimum atomic E-state index is -0.296. The van der Waals surface area contributed by atoms with Crippen LogP contribution in [0.1, 0.15) is 57.1 Å². The van der Waals surface area contributed by atoms with Crippen LogP contribution in [0.3, 0.4) is 0 Å². The summed E-state index contributed by atoms with van der Waals surface area (Å²) in [6.45, 7) is 6.95. The van der Waals surface area contributed by atoms with Crippen LogP contribution in [0, 0.1) is 0 Å². The Morgan fingerprint density at radius 3 is 2.70 bits per heavy atom. The molecule has 0 aliphatic carbocycles. The highest BCUT2D eigenvalue weighted by atomic mass is 16.5. The topological polar surface area (TPSA) is 76.2 Å². The van der Waals surface area contributed by atoms with Crippen molar-refractivity contribution in [1.29, 1.82) is 0 Å². The highest BCUT2D eigenvalue weighted by molar-refractivity contribution is 5.94. The van der Waals surface area contributed by atoms with Crippen molar-refractivity contribution in [3.63, 3.8) is 0 Å². The summed E-state index contributed by atoms with van der Waals surface area (Å²) in [6, 6.07) is 7.89. The van der Waals surface area contributed by atoms with Gasteiger partial charge in [-0.2, -0.15) is 5.10 Å². The van der Waals surface area contributed by atoms with Gasteiger partial charge in [0.15, 0.2) is 0 Å². The molecule has 0 saturated carbocycles. The molecule has 1 aromatic carbocycles. The third kappa shape index (κ3) is 3.84. The van der Waals surface area contributed by atoms with Gasteiger partial charge in [-0.1, -0.05) is 38.5 Å². The molecule has 1 atom stereocenters. The normalized spacial score (nSPS) is 15.9. The summed E-state index contributed by atoms with van der Waals surface area (Å²) in [4.78, 5) is 12.9. The van der Waals surface area contributed by atoms with E-state index in [1.165, 1.54) is 0 Å². The molecule has 1 aliphatic rings. The van der Waals surface area contributed by atoms with Crippen LogP contribution in [0.15, 0.2) is 41.7 Å². The summed E-state index contributed by atoms with van der Waals surface area (Å²) in [5.41, 5.74) is 3.39. The zero-order valence-electron chi connectivity index (χ0n) is 16.2.